The van der Waals surface area contributed by atoms with Gasteiger partial charge in [-0.15, -0.1) is 0 Å². The molecule has 0 saturated heterocycles. The second kappa shape index (κ2) is 4.21. The third-order valence-electron chi connectivity index (χ3n) is 3.85. The Labute approximate surface area is 105 Å². The van der Waals surface area contributed by atoms with Crippen molar-refractivity contribution < 1.29 is 14.7 Å². The number of aliphatic hydroxyl groups is 1. The average molecular weight is 245 g/mol. The van der Waals surface area contributed by atoms with E-state index >= 15 is 0 Å². The normalized spacial score (nSPS) is 27.5. The van der Waals surface area contributed by atoms with E-state index in [1.54, 1.807) is 24.3 Å². The van der Waals surface area contributed by atoms with Crippen LogP contribution in [0.4, 0.5) is 0 Å². The lowest BCUT2D eigenvalue weighted by atomic mass is 9.91. The van der Waals surface area contributed by atoms with E-state index in [0.717, 1.165) is 12.8 Å². The maximum Gasteiger partial charge on any atom is 0.261 e. The number of carbonyl (C=O) groups excluding carboxylic acids is 2. The Bertz CT molecular complexity index is 477. The molecule has 0 aromatic heterocycles. The number of benzene rings is 1. The molecule has 0 radical (unpaired) electrons. The molecule has 2 amide bonds. The van der Waals surface area contributed by atoms with E-state index < -0.39 is 6.10 Å². The van der Waals surface area contributed by atoms with E-state index in [-0.39, 0.29) is 17.9 Å². The first kappa shape index (κ1) is 11.4. The second-order valence-corrected chi connectivity index (χ2v) is 4.95. The first-order valence-electron chi connectivity index (χ1n) is 6.35. The molecule has 1 saturated carbocycles. The molecule has 2 aliphatic rings. The monoisotopic (exact) mass is 245 g/mol. The van der Waals surface area contributed by atoms with Crippen molar-refractivity contribution in [1.82, 2.24) is 4.90 Å². The van der Waals surface area contributed by atoms with Crippen LogP contribution in [-0.4, -0.2) is 34.0 Å². The highest BCUT2D eigenvalue weighted by atomic mass is 16.3. The van der Waals surface area contributed by atoms with Gasteiger partial charge in [0.1, 0.15) is 0 Å². The molecule has 4 nitrogen and oxygen atoms in total. The lowest BCUT2D eigenvalue weighted by molar-refractivity contribution is 0.0203. The number of aliphatic hydroxyl groups excluding tert-OH is 1. The predicted octanol–water partition coefficient (Wildman–Crippen LogP) is 1.59. The molecule has 1 aromatic carbocycles. The number of amides is 2. The Balaban J connectivity index is 1.96. The zero-order valence-corrected chi connectivity index (χ0v) is 10.0. The molecule has 1 aromatic rings. The zero-order chi connectivity index (χ0) is 12.7. The Morgan fingerprint density at radius 3 is 2.11 bits per heavy atom. The van der Waals surface area contributed by atoms with E-state index in [4.69, 9.17) is 0 Å². The third-order valence-corrected chi connectivity index (χ3v) is 3.85. The molecule has 1 heterocycles. The van der Waals surface area contributed by atoms with Gasteiger partial charge in [0.2, 0.25) is 0 Å². The molecule has 4 heteroatoms. The fourth-order valence-electron chi connectivity index (χ4n) is 2.90. The summed E-state index contributed by atoms with van der Waals surface area (Å²) < 4.78 is 0. The number of imide groups is 1. The van der Waals surface area contributed by atoms with Gasteiger partial charge in [0.15, 0.2) is 0 Å². The highest BCUT2D eigenvalue weighted by molar-refractivity contribution is 6.21. The summed E-state index contributed by atoms with van der Waals surface area (Å²) in [5.41, 5.74) is 0.917. The number of carbonyl (C=O) groups is 2. The molecule has 18 heavy (non-hydrogen) atoms. The molecule has 0 bridgehead atoms. The second-order valence-electron chi connectivity index (χ2n) is 4.95. The van der Waals surface area contributed by atoms with Crippen LogP contribution in [0.3, 0.4) is 0 Å². The molecular weight excluding hydrogens is 230 g/mol. The number of hydrogen-bond donors (Lipinski definition) is 1. The van der Waals surface area contributed by atoms with Crippen LogP contribution in [0.15, 0.2) is 24.3 Å². The van der Waals surface area contributed by atoms with E-state index in [2.05, 4.69) is 0 Å². The van der Waals surface area contributed by atoms with E-state index in [0.29, 0.717) is 24.0 Å². The van der Waals surface area contributed by atoms with Gasteiger partial charge >= 0.3 is 0 Å². The topological polar surface area (TPSA) is 57.6 Å². The molecule has 1 aliphatic heterocycles. The molecule has 94 valence electrons. The quantitative estimate of drug-likeness (QED) is 0.764. The summed E-state index contributed by atoms with van der Waals surface area (Å²) in [7, 11) is 0. The van der Waals surface area contributed by atoms with Gasteiger partial charge in [-0.1, -0.05) is 25.0 Å². The first-order chi connectivity index (χ1) is 8.70. The minimum atomic E-state index is -0.582. The van der Waals surface area contributed by atoms with Crippen LogP contribution in [0, 0.1) is 0 Å². The minimum absolute atomic E-state index is 0.262. The van der Waals surface area contributed by atoms with E-state index in [1.807, 2.05) is 0 Å². The summed E-state index contributed by atoms with van der Waals surface area (Å²) in [4.78, 5) is 25.8. The number of rotatable bonds is 1. The maximum atomic E-state index is 12.2. The molecule has 1 N–H and O–H groups in total. The molecule has 0 spiro atoms. The van der Waals surface area contributed by atoms with Gasteiger partial charge < -0.3 is 5.11 Å². The lowest BCUT2D eigenvalue weighted by Crippen LogP contribution is -2.48. The summed E-state index contributed by atoms with van der Waals surface area (Å²) >= 11 is 0. The predicted molar refractivity (Wildman–Crippen MR) is 65.2 cm³/mol. The smallest absolute Gasteiger partial charge is 0.261 e. The Hall–Kier alpha value is -1.68. The third kappa shape index (κ3) is 1.56. The SMILES string of the molecule is O=C1c2ccccc2C(=O)N1[C@@H]1CCCC[C@@H]1O. The summed E-state index contributed by atoms with van der Waals surface area (Å²) in [6.07, 6.45) is 2.70. The Morgan fingerprint density at radius 1 is 1.00 bits per heavy atom. The van der Waals surface area contributed by atoms with Crippen LogP contribution in [-0.2, 0) is 0 Å². The molecule has 1 aliphatic carbocycles. The van der Waals surface area contributed by atoms with Gasteiger partial charge in [0, 0.05) is 0 Å². The van der Waals surface area contributed by atoms with E-state index in [1.165, 1.54) is 4.90 Å². The van der Waals surface area contributed by atoms with Crippen molar-refractivity contribution in [2.24, 2.45) is 0 Å². The summed E-state index contributed by atoms with van der Waals surface area (Å²) in [6, 6.07) is 6.50. The standard InChI is InChI=1S/C14H15NO3/c16-12-8-4-3-7-11(12)15-13(17)9-5-1-2-6-10(9)14(15)18/h1-2,5-6,11-12,16H,3-4,7-8H2/t11-,12+/m1/s1. The largest absolute Gasteiger partial charge is 0.391 e. The van der Waals surface area contributed by atoms with Gasteiger partial charge in [-0.25, -0.2) is 0 Å². The van der Waals surface area contributed by atoms with Crippen molar-refractivity contribution in [3.8, 4) is 0 Å². The van der Waals surface area contributed by atoms with Crippen molar-refractivity contribution >= 4 is 11.8 Å². The van der Waals surface area contributed by atoms with Crippen molar-refractivity contribution in [3.63, 3.8) is 0 Å². The van der Waals surface area contributed by atoms with Crippen molar-refractivity contribution in [2.75, 3.05) is 0 Å². The molecule has 0 unspecified atom stereocenters. The van der Waals surface area contributed by atoms with Gasteiger partial charge in [-0.2, -0.15) is 0 Å². The van der Waals surface area contributed by atoms with Crippen LogP contribution in [0.1, 0.15) is 46.4 Å². The van der Waals surface area contributed by atoms with Crippen LogP contribution >= 0.6 is 0 Å². The van der Waals surface area contributed by atoms with Crippen molar-refractivity contribution in [2.45, 2.75) is 37.8 Å². The Morgan fingerprint density at radius 2 is 1.56 bits per heavy atom. The fourth-order valence-corrected chi connectivity index (χ4v) is 2.90. The van der Waals surface area contributed by atoms with Crippen LogP contribution < -0.4 is 0 Å². The van der Waals surface area contributed by atoms with Crippen LogP contribution in [0.25, 0.3) is 0 Å². The highest BCUT2D eigenvalue weighted by Crippen LogP contribution is 2.30. The van der Waals surface area contributed by atoms with Crippen LogP contribution in [0.2, 0.25) is 0 Å². The minimum Gasteiger partial charge on any atom is -0.391 e. The molecular formula is C14H15NO3. The highest BCUT2D eigenvalue weighted by Gasteiger charge is 2.42. The van der Waals surface area contributed by atoms with Crippen molar-refractivity contribution in [3.05, 3.63) is 35.4 Å². The van der Waals surface area contributed by atoms with Crippen molar-refractivity contribution in [1.29, 1.82) is 0 Å². The van der Waals surface area contributed by atoms with Gasteiger partial charge in [0.05, 0.1) is 23.3 Å². The number of nitrogens with zero attached hydrogens (tertiary/aromatic N) is 1. The van der Waals surface area contributed by atoms with E-state index in [9.17, 15) is 14.7 Å². The molecule has 2 atom stereocenters. The fraction of sp³-hybridized carbons (Fsp3) is 0.429. The summed E-state index contributed by atoms with van der Waals surface area (Å²) in [5, 5.41) is 10.00. The summed E-state index contributed by atoms with van der Waals surface area (Å²) in [5.74, 6) is -0.525. The van der Waals surface area contributed by atoms with Crippen LogP contribution in [0.5, 0.6) is 0 Å². The summed E-state index contributed by atoms with van der Waals surface area (Å²) in [6.45, 7) is 0. The number of hydrogen-bond acceptors (Lipinski definition) is 3. The van der Waals surface area contributed by atoms with Gasteiger partial charge in [-0.05, 0) is 25.0 Å². The zero-order valence-electron chi connectivity index (χ0n) is 10.0. The average Bonchev–Trinajstić information content (AvgIpc) is 2.64. The molecule has 3 rings (SSSR count). The number of fused-ring (bicyclic) bond motifs is 1. The van der Waals surface area contributed by atoms with Gasteiger partial charge in [-0.3, -0.25) is 14.5 Å². The van der Waals surface area contributed by atoms with Gasteiger partial charge in [0.25, 0.3) is 11.8 Å². The first-order valence-corrected chi connectivity index (χ1v) is 6.35. The lowest BCUT2D eigenvalue weighted by Gasteiger charge is -2.33. The maximum absolute atomic E-state index is 12.2. The molecule has 1 fully saturated rings. The Kier molecular flexibility index (Phi) is 2.67.